The lowest BCUT2D eigenvalue weighted by Gasteiger charge is -2.21. The van der Waals surface area contributed by atoms with Gasteiger partial charge in [-0.05, 0) is 73.6 Å². The third-order valence-electron chi connectivity index (χ3n) is 5.87. The van der Waals surface area contributed by atoms with Crippen molar-refractivity contribution in [2.45, 2.75) is 39.4 Å². The molecule has 1 atom stereocenters. The van der Waals surface area contributed by atoms with E-state index in [0.717, 1.165) is 27.1 Å². The number of anilines is 1. The van der Waals surface area contributed by atoms with E-state index in [9.17, 15) is 14.7 Å². The summed E-state index contributed by atoms with van der Waals surface area (Å²) < 4.78 is 15.6. The zero-order valence-electron chi connectivity index (χ0n) is 21.0. The molecule has 37 heavy (non-hydrogen) atoms. The molecular formula is C29H28N2O5S. The van der Waals surface area contributed by atoms with Crippen molar-refractivity contribution in [2.24, 2.45) is 0 Å². The van der Waals surface area contributed by atoms with Crippen molar-refractivity contribution in [1.29, 1.82) is 0 Å². The van der Waals surface area contributed by atoms with Crippen molar-refractivity contribution in [1.82, 2.24) is 4.37 Å². The Morgan fingerprint density at radius 2 is 1.49 bits per heavy atom. The number of aliphatic carboxylic acids is 1. The van der Waals surface area contributed by atoms with E-state index < -0.39 is 17.7 Å². The van der Waals surface area contributed by atoms with Gasteiger partial charge in [-0.15, -0.1) is 0 Å². The third-order valence-corrected chi connectivity index (χ3v) is 6.85. The lowest BCUT2D eigenvalue weighted by atomic mass is 10.0. The predicted octanol–water partition coefficient (Wildman–Crippen LogP) is 7.34. The predicted molar refractivity (Wildman–Crippen MR) is 145 cm³/mol. The fourth-order valence-electron chi connectivity index (χ4n) is 3.67. The van der Waals surface area contributed by atoms with Gasteiger partial charge in [0.2, 0.25) is 0 Å². The van der Waals surface area contributed by atoms with Gasteiger partial charge in [0.05, 0.1) is 16.3 Å². The smallest absolute Gasteiger partial charge is 0.412 e. The number of benzene rings is 3. The van der Waals surface area contributed by atoms with Crippen LogP contribution in [0.4, 0.5) is 10.5 Å². The van der Waals surface area contributed by atoms with Gasteiger partial charge in [0, 0.05) is 0 Å². The Labute approximate surface area is 219 Å². The number of ether oxygens (including phenoxy) is 2. The van der Waals surface area contributed by atoms with Gasteiger partial charge in [0.25, 0.3) is 0 Å². The highest BCUT2D eigenvalue weighted by Gasteiger charge is 2.29. The van der Waals surface area contributed by atoms with Crippen LogP contribution in [-0.4, -0.2) is 27.1 Å². The number of nitrogens with one attached hydrogen (secondary N) is 1. The van der Waals surface area contributed by atoms with Crippen LogP contribution in [0, 0.1) is 6.92 Å². The summed E-state index contributed by atoms with van der Waals surface area (Å²) >= 11 is 1.31. The molecule has 1 amide bonds. The number of aryl methyl sites for hydroxylation is 1. The van der Waals surface area contributed by atoms with E-state index in [4.69, 9.17) is 9.47 Å². The maximum absolute atomic E-state index is 12.6. The zero-order chi connectivity index (χ0) is 26.6. The summed E-state index contributed by atoms with van der Waals surface area (Å²) in [6.07, 6.45) is -0.922. The highest BCUT2D eigenvalue weighted by Crippen LogP contribution is 2.36. The van der Waals surface area contributed by atoms with Crippen molar-refractivity contribution in [2.75, 3.05) is 5.32 Å². The van der Waals surface area contributed by atoms with E-state index >= 15 is 0 Å². The molecule has 2 N–H and O–H groups in total. The second kappa shape index (κ2) is 10.8. The van der Waals surface area contributed by atoms with Crippen LogP contribution in [0.3, 0.4) is 0 Å². The molecule has 8 heteroatoms. The topological polar surface area (TPSA) is 97.8 Å². The minimum absolute atomic E-state index is 0.386. The Kier molecular flexibility index (Phi) is 7.59. The minimum Gasteiger partial charge on any atom is -0.478 e. The number of carboxylic acids is 1. The Hall–Kier alpha value is -4.17. The second-order valence-electron chi connectivity index (χ2n) is 9.07. The summed E-state index contributed by atoms with van der Waals surface area (Å²) in [5, 5.41) is 12.1. The number of aromatic nitrogens is 1. The monoisotopic (exact) mass is 516 g/mol. The maximum atomic E-state index is 12.6. The van der Waals surface area contributed by atoms with E-state index in [1.54, 1.807) is 12.1 Å². The first kappa shape index (κ1) is 25.9. The van der Waals surface area contributed by atoms with Crippen LogP contribution >= 0.6 is 11.5 Å². The lowest BCUT2D eigenvalue weighted by molar-refractivity contribution is -0.152. The molecule has 1 aromatic heterocycles. The highest BCUT2D eigenvalue weighted by molar-refractivity contribution is 7.10. The first-order valence-corrected chi connectivity index (χ1v) is 12.5. The molecule has 0 aliphatic rings. The van der Waals surface area contributed by atoms with E-state index in [2.05, 4.69) is 9.69 Å². The lowest BCUT2D eigenvalue weighted by Crippen LogP contribution is -2.37. The molecule has 0 aliphatic heterocycles. The largest absolute Gasteiger partial charge is 0.478 e. The van der Waals surface area contributed by atoms with E-state index in [0.29, 0.717) is 17.1 Å². The molecule has 0 saturated carbocycles. The molecule has 0 saturated heterocycles. The van der Waals surface area contributed by atoms with E-state index in [-0.39, 0.29) is 6.10 Å². The molecular weight excluding hydrogens is 488 g/mol. The van der Waals surface area contributed by atoms with Crippen LogP contribution in [-0.2, 0) is 9.53 Å². The van der Waals surface area contributed by atoms with Crippen LogP contribution in [0.2, 0.25) is 0 Å². The van der Waals surface area contributed by atoms with Gasteiger partial charge in [0.1, 0.15) is 11.9 Å². The van der Waals surface area contributed by atoms with Gasteiger partial charge >= 0.3 is 12.1 Å². The molecule has 0 spiro atoms. The van der Waals surface area contributed by atoms with Gasteiger partial charge in [0.15, 0.2) is 5.60 Å². The first-order chi connectivity index (χ1) is 17.6. The average molecular weight is 517 g/mol. The molecule has 0 fully saturated rings. The average Bonchev–Trinajstić information content (AvgIpc) is 3.24. The van der Waals surface area contributed by atoms with Gasteiger partial charge in [-0.2, -0.15) is 4.37 Å². The summed E-state index contributed by atoms with van der Waals surface area (Å²) in [6.45, 7) is 6.70. The third kappa shape index (κ3) is 6.16. The van der Waals surface area contributed by atoms with Crippen LogP contribution in [0.1, 0.15) is 38.1 Å². The highest BCUT2D eigenvalue weighted by atomic mass is 32.1. The zero-order valence-corrected chi connectivity index (χ0v) is 21.8. The second-order valence-corrected chi connectivity index (χ2v) is 9.85. The fourth-order valence-corrected chi connectivity index (χ4v) is 4.52. The Bertz CT molecular complexity index is 1380. The Morgan fingerprint density at radius 3 is 2.08 bits per heavy atom. The summed E-state index contributed by atoms with van der Waals surface area (Å²) in [7, 11) is 0. The fraction of sp³-hybridized carbons (Fsp3) is 0.207. The Balaban J connectivity index is 1.46. The SMILES string of the molecule is Cc1nsc(-c2ccc(-c3ccc(OC(C)(C)C(=O)O)cc3)cc2)c1NC(=O)OC(C)c1ccccc1. The van der Waals surface area contributed by atoms with Crippen molar-refractivity contribution in [3.63, 3.8) is 0 Å². The molecule has 1 unspecified atom stereocenters. The van der Waals surface area contributed by atoms with Gasteiger partial charge < -0.3 is 14.6 Å². The molecule has 1 heterocycles. The number of carboxylic acid groups (broad SMARTS) is 1. The van der Waals surface area contributed by atoms with Crippen LogP contribution < -0.4 is 10.1 Å². The molecule has 4 aromatic rings. The van der Waals surface area contributed by atoms with Crippen LogP contribution in [0.5, 0.6) is 5.75 Å². The standard InChI is InChI=1S/C29H28N2O5S/c1-18-25(30-28(34)35-19(2)20-8-6-5-7-9-20)26(37-31-18)23-12-10-21(11-13-23)22-14-16-24(17-15-22)36-29(3,4)27(32)33/h5-17,19H,1-4H3,(H,30,34)(H,32,33). The first-order valence-electron chi connectivity index (χ1n) is 11.8. The molecule has 7 nitrogen and oxygen atoms in total. The Morgan fingerprint density at radius 1 is 0.919 bits per heavy atom. The van der Waals surface area contributed by atoms with Crippen molar-refractivity contribution >= 4 is 29.3 Å². The van der Waals surface area contributed by atoms with Gasteiger partial charge in [-0.3, -0.25) is 5.32 Å². The number of amides is 1. The number of hydrogen-bond donors (Lipinski definition) is 2. The van der Waals surface area contributed by atoms with Crippen molar-refractivity contribution in [3.8, 4) is 27.3 Å². The summed E-state index contributed by atoms with van der Waals surface area (Å²) in [4.78, 5) is 24.8. The number of rotatable bonds is 8. The molecule has 0 aliphatic carbocycles. The molecule has 3 aromatic carbocycles. The maximum Gasteiger partial charge on any atom is 0.412 e. The quantitative estimate of drug-likeness (QED) is 0.254. The molecule has 0 radical (unpaired) electrons. The van der Waals surface area contributed by atoms with Crippen LogP contribution in [0.25, 0.3) is 21.6 Å². The number of carbonyl (C=O) groups is 2. The summed E-state index contributed by atoms with van der Waals surface area (Å²) in [5.41, 5.74) is 3.82. The number of nitrogens with zero attached hydrogens (tertiary/aromatic N) is 1. The van der Waals surface area contributed by atoms with Gasteiger partial charge in [-0.25, -0.2) is 9.59 Å². The van der Waals surface area contributed by atoms with Crippen LogP contribution in [0.15, 0.2) is 78.9 Å². The van der Waals surface area contributed by atoms with Gasteiger partial charge in [-0.1, -0.05) is 66.7 Å². The molecule has 0 bridgehead atoms. The van der Waals surface area contributed by atoms with Crippen molar-refractivity contribution < 1.29 is 24.2 Å². The van der Waals surface area contributed by atoms with E-state index in [1.807, 2.05) is 80.6 Å². The van der Waals surface area contributed by atoms with Crippen molar-refractivity contribution in [3.05, 3.63) is 90.1 Å². The number of carbonyl (C=O) groups excluding carboxylic acids is 1. The molecule has 4 rings (SSSR count). The molecule has 190 valence electrons. The summed E-state index contributed by atoms with van der Waals surface area (Å²) in [6, 6.07) is 24.8. The summed E-state index contributed by atoms with van der Waals surface area (Å²) in [5.74, 6) is -0.546. The normalized spacial score (nSPS) is 12.0. The minimum atomic E-state index is -1.31. The number of hydrogen-bond acceptors (Lipinski definition) is 6. The van der Waals surface area contributed by atoms with E-state index in [1.165, 1.54) is 25.4 Å².